The van der Waals surface area contributed by atoms with Gasteiger partial charge in [0.1, 0.15) is 0 Å². The Labute approximate surface area is 185 Å². The van der Waals surface area contributed by atoms with E-state index < -0.39 is 76.4 Å². The lowest BCUT2D eigenvalue weighted by atomic mass is 9.88. The average Bonchev–Trinajstić information content (AvgIpc) is 2.64. The number of alkyl halides is 17. The van der Waals surface area contributed by atoms with E-state index in [1.54, 1.807) is 0 Å². The minimum atomic E-state index is -8.69. The third-order valence-electron chi connectivity index (χ3n) is 4.31. The van der Waals surface area contributed by atoms with Crippen LogP contribution < -0.4 is 4.72 Å². The third kappa shape index (κ3) is 5.53. The Morgan fingerprint density at radius 1 is 0.571 bits per heavy atom. The molecule has 3 nitrogen and oxygen atoms in total. The van der Waals surface area contributed by atoms with Crippen molar-refractivity contribution >= 4 is 10.0 Å². The number of nitrogens with one attached hydrogen (secondary N) is 1. The first-order valence-corrected chi connectivity index (χ1v) is 10.4. The fourth-order valence-electron chi connectivity index (χ4n) is 2.12. The first kappa shape index (κ1) is 33.7. The van der Waals surface area contributed by atoms with Crippen molar-refractivity contribution in [3.63, 3.8) is 0 Å². The van der Waals surface area contributed by atoms with Crippen LogP contribution >= 0.6 is 0 Å². The van der Waals surface area contributed by atoms with E-state index in [0.717, 1.165) is 4.72 Å². The van der Waals surface area contributed by atoms with Crippen molar-refractivity contribution in [3.05, 3.63) is 0 Å². The van der Waals surface area contributed by atoms with Gasteiger partial charge in [0.25, 0.3) is 0 Å². The normalized spacial score (nSPS) is 16.1. The van der Waals surface area contributed by atoms with Crippen LogP contribution in [0.3, 0.4) is 0 Å². The van der Waals surface area contributed by atoms with Crippen LogP contribution in [0.15, 0.2) is 0 Å². The first-order chi connectivity index (χ1) is 15.0. The SMILES string of the molecule is CCCCS(=O)(=O)NCCC(F)(F)C(F)(F)C(F)(F)C(F)(F)C(F)(F)C(F)(F)C(F)(F)C(F)(F)F. The molecule has 0 aromatic rings. The molecule has 212 valence electrons. The van der Waals surface area contributed by atoms with E-state index in [0.29, 0.717) is 0 Å². The summed E-state index contributed by atoms with van der Waals surface area (Å²) in [6.07, 6.45) is -10.6. The maximum absolute atomic E-state index is 13.6. The highest BCUT2D eigenvalue weighted by Gasteiger charge is 2.95. The predicted molar refractivity (Wildman–Crippen MR) is 82.0 cm³/mol. The molecule has 21 heteroatoms. The molecule has 0 aliphatic rings. The molecule has 0 heterocycles. The second-order valence-electron chi connectivity index (χ2n) is 6.97. The summed E-state index contributed by atoms with van der Waals surface area (Å²) in [5.41, 5.74) is 0. The predicted octanol–water partition coefficient (Wildman–Crippen LogP) is 6.11. The van der Waals surface area contributed by atoms with Gasteiger partial charge in [0.2, 0.25) is 10.0 Å². The molecular formula is C14H14F17NO2S. The van der Waals surface area contributed by atoms with Crippen molar-refractivity contribution in [1.29, 1.82) is 0 Å². The Morgan fingerprint density at radius 3 is 1.26 bits per heavy atom. The Morgan fingerprint density at radius 2 is 0.914 bits per heavy atom. The molecule has 0 unspecified atom stereocenters. The molecule has 0 saturated carbocycles. The van der Waals surface area contributed by atoms with E-state index in [4.69, 9.17) is 0 Å². The summed E-state index contributed by atoms with van der Waals surface area (Å²) in [6, 6.07) is 0. The van der Waals surface area contributed by atoms with E-state index in [1.165, 1.54) is 6.92 Å². The molecule has 0 atom stereocenters. The molecule has 0 rings (SSSR count). The minimum Gasteiger partial charge on any atom is -0.215 e. The maximum atomic E-state index is 13.6. The highest BCUT2D eigenvalue weighted by atomic mass is 32.2. The smallest absolute Gasteiger partial charge is 0.215 e. The highest BCUT2D eigenvalue weighted by Crippen LogP contribution is 2.64. The van der Waals surface area contributed by atoms with Crippen LogP contribution in [-0.4, -0.2) is 68.3 Å². The summed E-state index contributed by atoms with van der Waals surface area (Å²) in [7, 11) is -4.52. The van der Waals surface area contributed by atoms with E-state index >= 15 is 0 Å². The summed E-state index contributed by atoms with van der Waals surface area (Å²) in [6.45, 7) is -0.495. The van der Waals surface area contributed by atoms with Gasteiger partial charge in [-0.1, -0.05) is 13.3 Å². The first-order valence-electron chi connectivity index (χ1n) is 8.70. The van der Waals surface area contributed by atoms with Gasteiger partial charge in [0.05, 0.1) is 5.75 Å². The van der Waals surface area contributed by atoms with Crippen LogP contribution in [0, 0.1) is 0 Å². The molecule has 0 aromatic heterocycles. The van der Waals surface area contributed by atoms with Gasteiger partial charge >= 0.3 is 47.6 Å². The number of unbranched alkanes of at least 4 members (excludes halogenated alkanes) is 1. The van der Waals surface area contributed by atoms with Crippen LogP contribution in [0.1, 0.15) is 26.2 Å². The lowest BCUT2D eigenvalue weighted by Crippen LogP contribution is -2.74. The number of sulfonamides is 1. The summed E-state index contributed by atoms with van der Waals surface area (Å²) in [4.78, 5) is 0. The number of hydrogen-bond acceptors (Lipinski definition) is 2. The van der Waals surface area contributed by atoms with Gasteiger partial charge in [0.15, 0.2) is 0 Å². The van der Waals surface area contributed by atoms with Crippen molar-refractivity contribution in [2.45, 2.75) is 73.8 Å². The van der Waals surface area contributed by atoms with Crippen molar-refractivity contribution < 1.29 is 83.1 Å². The van der Waals surface area contributed by atoms with Crippen LogP contribution in [0.2, 0.25) is 0 Å². The molecule has 0 aliphatic heterocycles. The topological polar surface area (TPSA) is 46.2 Å². The maximum Gasteiger partial charge on any atom is 0.460 e. The molecule has 0 spiro atoms. The third-order valence-corrected chi connectivity index (χ3v) is 5.78. The fraction of sp³-hybridized carbons (Fsp3) is 1.00. The van der Waals surface area contributed by atoms with Crippen LogP contribution in [0.25, 0.3) is 0 Å². The van der Waals surface area contributed by atoms with Gasteiger partial charge in [-0.05, 0) is 6.42 Å². The van der Waals surface area contributed by atoms with E-state index in [1.807, 2.05) is 0 Å². The van der Waals surface area contributed by atoms with Crippen molar-refractivity contribution in [3.8, 4) is 0 Å². The Hall–Kier alpha value is -1.28. The summed E-state index contributed by atoms with van der Waals surface area (Å²) < 4.78 is 246. The Balaban J connectivity index is 6.26. The fourth-order valence-corrected chi connectivity index (χ4v) is 3.35. The number of rotatable bonds is 13. The molecular weight excluding hydrogens is 569 g/mol. The lowest BCUT2D eigenvalue weighted by molar-refractivity contribution is -0.461. The largest absolute Gasteiger partial charge is 0.460 e. The van der Waals surface area contributed by atoms with E-state index in [9.17, 15) is 83.1 Å². The van der Waals surface area contributed by atoms with Crippen molar-refractivity contribution in [1.82, 2.24) is 4.72 Å². The Bertz CT molecular complexity index is 834. The monoisotopic (exact) mass is 583 g/mol. The average molecular weight is 583 g/mol. The zero-order valence-electron chi connectivity index (χ0n) is 16.7. The van der Waals surface area contributed by atoms with Gasteiger partial charge in [-0.2, -0.15) is 74.6 Å². The quantitative estimate of drug-likeness (QED) is 0.267. The van der Waals surface area contributed by atoms with Gasteiger partial charge in [0, 0.05) is 13.0 Å². The van der Waals surface area contributed by atoms with Crippen LogP contribution in [0.5, 0.6) is 0 Å². The summed E-state index contributed by atoms with van der Waals surface area (Å²) >= 11 is 0. The van der Waals surface area contributed by atoms with Gasteiger partial charge < -0.3 is 0 Å². The molecule has 0 amide bonds. The molecule has 0 aliphatic carbocycles. The molecule has 0 aromatic carbocycles. The van der Waals surface area contributed by atoms with Crippen molar-refractivity contribution in [2.75, 3.05) is 12.3 Å². The van der Waals surface area contributed by atoms with Crippen LogP contribution in [-0.2, 0) is 10.0 Å². The second-order valence-corrected chi connectivity index (χ2v) is 8.89. The van der Waals surface area contributed by atoms with Crippen LogP contribution in [0.4, 0.5) is 74.6 Å². The Kier molecular flexibility index (Phi) is 9.20. The molecule has 1 N–H and O–H groups in total. The van der Waals surface area contributed by atoms with E-state index in [2.05, 4.69) is 0 Å². The number of halogens is 17. The summed E-state index contributed by atoms with van der Waals surface area (Å²) in [5.74, 6) is -57.8. The van der Waals surface area contributed by atoms with Gasteiger partial charge in [-0.15, -0.1) is 0 Å². The lowest BCUT2D eigenvalue weighted by Gasteiger charge is -2.42. The van der Waals surface area contributed by atoms with Crippen molar-refractivity contribution in [2.24, 2.45) is 0 Å². The molecule has 0 saturated heterocycles. The number of hydrogen-bond donors (Lipinski definition) is 1. The zero-order valence-corrected chi connectivity index (χ0v) is 17.5. The van der Waals surface area contributed by atoms with Gasteiger partial charge in [-0.3, -0.25) is 0 Å². The second kappa shape index (κ2) is 9.55. The summed E-state index contributed by atoms with van der Waals surface area (Å²) in [5, 5.41) is 0. The van der Waals surface area contributed by atoms with E-state index in [-0.39, 0.29) is 12.8 Å². The molecule has 0 radical (unpaired) electrons. The zero-order chi connectivity index (χ0) is 28.7. The standard InChI is InChI=1S/C14H14F17NO2S/c1-2-3-6-35(33,34)32-5-4-7(15,16)8(17,18)9(19,20)10(21,22)11(23,24)12(25,26)13(27,28)14(29,30)31/h32H,2-6H2,1H3. The minimum absolute atomic E-state index is 0.141. The molecule has 0 bridgehead atoms. The molecule has 0 fully saturated rings. The van der Waals surface area contributed by atoms with Gasteiger partial charge in [-0.25, -0.2) is 13.1 Å². The highest BCUT2D eigenvalue weighted by molar-refractivity contribution is 7.89. The molecule has 35 heavy (non-hydrogen) atoms.